The normalized spacial score (nSPS) is 34.5. The first-order valence-electron chi connectivity index (χ1n) is 20.9. The molecule has 3 aromatic rings. The van der Waals surface area contributed by atoms with E-state index in [9.17, 15) is 34.2 Å². The number of aliphatic hydroxyl groups excluding tert-OH is 1. The van der Waals surface area contributed by atoms with Crippen LogP contribution in [-0.2, 0) is 46.5 Å². The highest BCUT2D eigenvalue weighted by molar-refractivity contribution is 6.01. The third-order valence-corrected chi connectivity index (χ3v) is 15.0. The highest BCUT2D eigenvalue weighted by Crippen LogP contribution is 2.70. The topological polar surface area (TPSA) is 160 Å². The molecule has 1 heterocycles. The average Bonchev–Trinajstić information content (AvgIpc) is 4.00. The van der Waals surface area contributed by atoms with Crippen molar-refractivity contribution in [2.75, 3.05) is 20.7 Å². The van der Waals surface area contributed by atoms with E-state index in [1.165, 1.54) is 12.2 Å². The molecule has 60 heavy (non-hydrogen) atoms. The summed E-state index contributed by atoms with van der Waals surface area (Å²) in [5.74, 6) is -5.47. The molecule has 0 aliphatic heterocycles. The molecule has 0 spiro atoms. The number of carbonyl (C=O) groups excluding carboxylic acids is 5. The largest absolute Gasteiger partial charge is 0.461 e. The van der Waals surface area contributed by atoms with Crippen LogP contribution in [0.25, 0.3) is 10.8 Å². The van der Waals surface area contributed by atoms with Gasteiger partial charge in [-0.1, -0.05) is 68.0 Å². The standard InChI is InChI=1S/C48H53FN2O9/c1-27-18-38-37-13-12-33-21-34(52)14-16-45(33,2)47(37,49)40(54)23-46(38,3)48(27,58)41(55)26-60-44(57)36-22-35(36)43(56)59-25-28-6-9-30(10-7-28)42(51(4)5)39(53)20-29-8-11-32-24-50-17-15-31(32)19-29/h6-11,14-17,19,21,24,27,35-38,40,42,54,58H,12-13,18,20,22-23,25-26H2,1-5H3/t27-,35?,36?,37+,38+,40+,42?,45+,46+,47+,48+/m1/s1. The Labute approximate surface area is 349 Å². The van der Waals surface area contributed by atoms with E-state index < -0.39 is 88.2 Å². The van der Waals surface area contributed by atoms with Crippen LogP contribution >= 0.6 is 0 Å². The number of Topliss-reactive ketones (excluding diaryl/α,β-unsaturated/α-hetero) is 2. The minimum atomic E-state index is -2.11. The predicted molar refractivity (Wildman–Crippen MR) is 219 cm³/mol. The molecule has 4 fully saturated rings. The van der Waals surface area contributed by atoms with Crippen molar-refractivity contribution in [2.24, 2.45) is 40.4 Å². The molecule has 0 bridgehead atoms. The van der Waals surface area contributed by atoms with E-state index in [2.05, 4.69) is 4.98 Å². The molecule has 0 saturated heterocycles. The molecule has 5 aliphatic carbocycles. The summed E-state index contributed by atoms with van der Waals surface area (Å²) < 4.78 is 28.5. The number of aliphatic hydroxyl groups is 2. The lowest BCUT2D eigenvalue weighted by Gasteiger charge is -2.62. The Morgan fingerprint density at radius 3 is 2.37 bits per heavy atom. The number of ketones is 3. The maximum Gasteiger partial charge on any atom is 0.310 e. The molecular weight excluding hydrogens is 768 g/mol. The molecule has 3 unspecified atom stereocenters. The van der Waals surface area contributed by atoms with Crippen molar-refractivity contribution in [1.29, 1.82) is 0 Å². The summed E-state index contributed by atoms with van der Waals surface area (Å²) in [4.78, 5) is 71.7. The molecule has 1 aromatic heterocycles. The second-order valence-corrected chi connectivity index (χ2v) is 18.6. The predicted octanol–water partition coefficient (Wildman–Crippen LogP) is 5.79. The Hall–Kier alpha value is -4.91. The van der Waals surface area contributed by atoms with E-state index in [0.29, 0.717) is 30.4 Å². The van der Waals surface area contributed by atoms with Gasteiger partial charge in [-0.3, -0.25) is 33.9 Å². The number of carbonyl (C=O) groups is 5. The molecule has 4 saturated carbocycles. The third kappa shape index (κ3) is 6.66. The molecule has 8 rings (SSSR count). The molecule has 11 nitrogen and oxygen atoms in total. The maximum atomic E-state index is 17.5. The maximum absolute atomic E-state index is 17.5. The zero-order valence-corrected chi connectivity index (χ0v) is 34.7. The van der Waals surface area contributed by atoms with E-state index >= 15 is 4.39 Å². The van der Waals surface area contributed by atoms with Gasteiger partial charge in [-0.25, -0.2) is 4.39 Å². The van der Waals surface area contributed by atoms with Crippen LogP contribution in [0.1, 0.15) is 75.6 Å². The van der Waals surface area contributed by atoms with Crippen LogP contribution in [0.2, 0.25) is 0 Å². The van der Waals surface area contributed by atoms with Gasteiger partial charge in [-0.15, -0.1) is 0 Å². The highest BCUT2D eigenvalue weighted by atomic mass is 19.1. The van der Waals surface area contributed by atoms with E-state index in [-0.39, 0.29) is 37.4 Å². The number of rotatable bonds is 12. The molecule has 0 radical (unpaired) electrons. The Balaban J connectivity index is 0.843. The molecule has 0 amide bonds. The smallest absolute Gasteiger partial charge is 0.310 e. The number of nitrogens with zero attached hydrogens (tertiary/aromatic N) is 2. The first-order valence-corrected chi connectivity index (χ1v) is 20.9. The Kier molecular flexibility index (Phi) is 10.6. The molecule has 2 N–H and O–H groups in total. The number of allylic oxidation sites excluding steroid dienone is 4. The number of esters is 2. The van der Waals surface area contributed by atoms with Crippen LogP contribution in [0.4, 0.5) is 4.39 Å². The summed E-state index contributed by atoms with van der Waals surface area (Å²) in [7, 11) is 3.71. The molecule has 5 aliphatic rings. The number of hydrogen-bond donors (Lipinski definition) is 2. The van der Waals surface area contributed by atoms with E-state index in [0.717, 1.165) is 21.9 Å². The van der Waals surface area contributed by atoms with E-state index in [4.69, 9.17) is 9.47 Å². The first kappa shape index (κ1) is 41.8. The molecule has 12 heteroatoms. The average molecular weight is 821 g/mol. The molecule has 316 valence electrons. The van der Waals surface area contributed by atoms with Crippen LogP contribution in [0.3, 0.4) is 0 Å². The van der Waals surface area contributed by atoms with Gasteiger partial charge in [0, 0.05) is 40.9 Å². The van der Waals surface area contributed by atoms with Gasteiger partial charge in [0.2, 0.25) is 5.78 Å². The minimum Gasteiger partial charge on any atom is -0.461 e. The van der Waals surface area contributed by atoms with E-state index in [1.54, 1.807) is 51.4 Å². The zero-order valence-electron chi connectivity index (χ0n) is 34.7. The van der Waals surface area contributed by atoms with E-state index in [1.807, 2.05) is 55.4 Å². The van der Waals surface area contributed by atoms with Crippen molar-refractivity contribution in [2.45, 2.75) is 89.3 Å². The van der Waals surface area contributed by atoms with Gasteiger partial charge in [-0.05, 0) is 105 Å². The number of pyridine rings is 1. The summed E-state index contributed by atoms with van der Waals surface area (Å²) in [5, 5.41) is 25.9. The summed E-state index contributed by atoms with van der Waals surface area (Å²) >= 11 is 0. The van der Waals surface area contributed by atoms with Crippen molar-refractivity contribution < 1.29 is 48.0 Å². The molecule has 2 aromatic carbocycles. The number of halogens is 1. The number of benzene rings is 2. The van der Waals surface area contributed by atoms with Gasteiger partial charge >= 0.3 is 11.9 Å². The van der Waals surface area contributed by atoms with Crippen molar-refractivity contribution in [3.63, 3.8) is 0 Å². The lowest BCUT2D eigenvalue weighted by atomic mass is 9.44. The van der Waals surface area contributed by atoms with Gasteiger partial charge in [-0.2, -0.15) is 0 Å². The first-order chi connectivity index (χ1) is 28.4. The fraction of sp³-hybridized carbons (Fsp3) is 0.500. The number of alkyl halides is 1. The minimum absolute atomic E-state index is 0.0365. The van der Waals surface area contributed by atoms with Crippen molar-refractivity contribution in [1.82, 2.24) is 9.88 Å². The quantitative estimate of drug-likeness (QED) is 0.213. The van der Waals surface area contributed by atoms with Gasteiger partial charge in [0.05, 0.1) is 24.0 Å². The van der Waals surface area contributed by atoms with Crippen molar-refractivity contribution in [3.05, 3.63) is 101 Å². The number of hydrogen-bond acceptors (Lipinski definition) is 11. The monoisotopic (exact) mass is 820 g/mol. The Bertz CT molecular complexity index is 2320. The number of ether oxygens (including phenoxy) is 2. The summed E-state index contributed by atoms with van der Waals surface area (Å²) in [6, 6.07) is 14.6. The lowest BCUT2D eigenvalue weighted by molar-refractivity contribution is -0.220. The van der Waals surface area contributed by atoms with Gasteiger partial charge in [0.1, 0.15) is 12.2 Å². The van der Waals surface area contributed by atoms with Crippen LogP contribution in [0, 0.1) is 40.4 Å². The van der Waals surface area contributed by atoms with Gasteiger partial charge in [0.15, 0.2) is 23.8 Å². The molecule has 11 atom stereocenters. The zero-order chi connectivity index (χ0) is 42.9. The van der Waals surface area contributed by atoms with Gasteiger partial charge in [0.25, 0.3) is 0 Å². The number of fused-ring (bicyclic) bond motifs is 6. The van der Waals surface area contributed by atoms with Crippen LogP contribution in [0.5, 0.6) is 0 Å². The van der Waals surface area contributed by atoms with Crippen LogP contribution in [0.15, 0.2) is 84.7 Å². The SMILES string of the molecule is C[C@@H]1C[C@H]2[C@@H]3CCC4=CC(=O)C=C[C@]4(C)[C@@]3(F)[C@@H](O)C[C@]2(C)[C@@]1(O)C(=O)COC(=O)C1CC1C(=O)OCc1ccc(C(C(=O)Cc2ccc3cnccc3c2)N(C)C)cc1. The Morgan fingerprint density at radius 2 is 1.65 bits per heavy atom. The van der Waals surface area contributed by atoms with Crippen molar-refractivity contribution in [3.8, 4) is 0 Å². The molecular formula is C48H53FN2O9. The number of likely N-dealkylation sites (N-methyl/N-ethyl adjacent to an activating group) is 1. The third-order valence-electron chi connectivity index (χ3n) is 15.0. The Morgan fingerprint density at radius 1 is 0.950 bits per heavy atom. The fourth-order valence-corrected chi connectivity index (χ4v) is 11.6. The fourth-order valence-electron chi connectivity index (χ4n) is 11.6. The highest BCUT2D eigenvalue weighted by Gasteiger charge is 2.75. The number of aromatic nitrogens is 1. The van der Waals surface area contributed by atoms with Crippen LogP contribution in [-0.4, -0.2) is 87.5 Å². The second-order valence-electron chi connectivity index (χ2n) is 18.6. The summed E-state index contributed by atoms with van der Waals surface area (Å²) in [6.45, 7) is 4.42. The van der Waals surface area contributed by atoms with Crippen molar-refractivity contribution >= 4 is 40.1 Å². The summed E-state index contributed by atoms with van der Waals surface area (Å²) in [6.07, 6.45) is 7.80. The van der Waals surface area contributed by atoms with Crippen LogP contribution < -0.4 is 0 Å². The van der Waals surface area contributed by atoms with Gasteiger partial charge < -0.3 is 19.7 Å². The summed E-state index contributed by atoms with van der Waals surface area (Å²) in [5.41, 5.74) is -3.44. The lowest BCUT2D eigenvalue weighted by Crippen LogP contribution is -2.69. The second kappa shape index (κ2) is 15.2.